The van der Waals surface area contributed by atoms with Gasteiger partial charge in [0.05, 0.1) is 12.1 Å². The van der Waals surface area contributed by atoms with Crippen molar-refractivity contribution in [3.63, 3.8) is 0 Å². The van der Waals surface area contributed by atoms with Gasteiger partial charge in [0.2, 0.25) is 0 Å². The summed E-state index contributed by atoms with van der Waals surface area (Å²) in [5.74, 6) is 0.272. The largest absolute Gasteiger partial charge is 0.435 e. The van der Waals surface area contributed by atoms with E-state index in [-0.39, 0.29) is 18.7 Å². The van der Waals surface area contributed by atoms with Crippen molar-refractivity contribution in [3.8, 4) is 0 Å². The van der Waals surface area contributed by atoms with Crippen LogP contribution in [0.25, 0.3) is 0 Å². The van der Waals surface area contributed by atoms with Crippen molar-refractivity contribution < 1.29 is 18.0 Å². The average molecular weight is 253 g/mol. The number of rotatable bonds is 4. The number of carbonyl (C=O) groups is 1. The Bertz CT molecular complexity index is 398. The molecule has 1 heterocycles. The predicted octanol–water partition coefficient (Wildman–Crippen LogP) is 2.51. The van der Waals surface area contributed by atoms with Gasteiger partial charge in [-0.15, -0.1) is 11.6 Å². The molecule has 0 atom stereocenters. The second kappa shape index (κ2) is 5.16. The Kier molecular flexibility index (Phi) is 4.12. The van der Waals surface area contributed by atoms with Crippen LogP contribution in [0.1, 0.15) is 16.1 Å². The van der Waals surface area contributed by atoms with Crippen LogP contribution in [0.5, 0.6) is 0 Å². The maximum atomic E-state index is 12.4. The van der Waals surface area contributed by atoms with Crippen LogP contribution in [0.3, 0.4) is 0 Å². The lowest BCUT2D eigenvalue weighted by atomic mass is 10.3. The molecule has 0 amide bonds. The molecule has 0 spiro atoms. The predicted molar refractivity (Wildman–Crippen MR) is 52.5 cm³/mol. The highest BCUT2D eigenvalue weighted by Gasteiger charge is 2.36. The fraction of sp³-hybridized carbons (Fsp3) is 0.333. The van der Waals surface area contributed by atoms with Crippen LogP contribution in [-0.2, 0) is 12.7 Å². The summed E-state index contributed by atoms with van der Waals surface area (Å²) in [6, 6.07) is 0. The van der Waals surface area contributed by atoms with Gasteiger partial charge in [0, 0.05) is 12.1 Å². The van der Waals surface area contributed by atoms with Crippen molar-refractivity contribution in [3.05, 3.63) is 29.6 Å². The highest BCUT2D eigenvalue weighted by Crippen LogP contribution is 2.29. The minimum atomic E-state index is -4.61. The monoisotopic (exact) mass is 252 g/mol. The third kappa shape index (κ3) is 3.10. The molecule has 0 unspecified atom stereocenters. The van der Waals surface area contributed by atoms with E-state index in [1.807, 2.05) is 0 Å². The summed E-state index contributed by atoms with van der Waals surface area (Å²) in [5.41, 5.74) is -1.63. The van der Waals surface area contributed by atoms with E-state index in [9.17, 15) is 18.0 Å². The molecular formula is C9H8ClF3N2O. The molecule has 0 aromatic carbocycles. The molecule has 0 saturated carbocycles. The zero-order chi connectivity index (χ0) is 12.2. The molecule has 1 rings (SSSR count). The van der Waals surface area contributed by atoms with Gasteiger partial charge in [-0.1, -0.05) is 12.2 Å². The zero-order valence-electron chi connectivity index (χ0n) is 8.04. The summed E-state index contributed by atoms with van der Waals surface area (Å²) in [6.45, 7) is 0.143. The van der Waals surface area contributed by atoms with E-state index in [2.05, 4.69) is 5.10 Å². The Balaban J connectivity index is 2.94. The molecule has 16 heavy (non-hydrogen) atoms. The number of hydrogen-bond donors (Lipinski definition) is 0. The van der Waals surface area contributed by atoms with Crippen LogP contribution in [0, 0.1) is 0 Å². The summed E-state index contributed by atoms with van der Waals surface area (Å²) < 4.78 is 38.1. The van der Waals surface area contributed by atoms with Gasteiger partial charge >= 0.3 is 6.18 Å². The lowest BCUT2D eigenvalue weighted by Crippen LogP contribution is -2.09. The number of halogens is 4. The van der Waals surface area contributed by atoms with E-state index < -0.39 is 17.4 Å². The number of allylic oxidation sites excluding steroid dienone is 2. The molecule has 3 nitrogen and oxygen atoms in total. The zero-order valence-corrected chi connectivity index (χ0v) is 8.79. The van der Waals surface area contributed by atoms with Crippen LogP contribution in [-0.4, -0.2) is 21.9 Å². The first kappa shape index (κ1) is 12.8. The quantitative estimate of drug-likeness (QED) is 0.469. The SMILES string of the molecule is O=Cc1cn(CC=CCCl)nc1C(F)(F)F. The normalized spacial score (nSPS) is 12.2. The van der Waals surface area contributed by atoms with Crippen molar-refractivity contribution in [2.75, 3.05) is 5.88 Å². The third-order valence-corrected chi connectivity index (χ3v) is 1.91. The third-order valence-electron chi connectivity index (χ3n) is 1.73. The summed E-state index contributed by atoms with van der Waals surface area (Å²) >= 11 is 5.35. The summed E-state index contributed by atoms with van der Waals surface area (Å²) in [4.78, 5) is 10.4. The molecule has 0 aliphatic carbocycles. The smallest absolute Gasteiger partial charge is 0.298 e. The Morgan fingerprint density at radius 2 is 2.12 bits per heavy atom. The second-order valence-corrected chi connectivity index (χ2v) is 3.21. The lowest BCUT2D eigenvalue weighted by molar-refractivity contribution is -0.141. The van der Waals surface area contributed by atoms with Crippen LogP contribution < -0.4 is 0 Å². The molecule has 0 radical (unpaired) electrons. The van der Waals surface area contributed by atoms with Crippen LogP contribution in [0.2, 0.25) is 0 Å². The van der Waals surface area contributed by atoms with E-state index in [1.54, 1.807) is 12.2 Å². The van der Waals surface area contributed by atoms with Gasteiger partial charge in [-0.3, -0.25) is 9.48 Å². The van der Waals surface area contributed by atoms with Gasteiger partial charge in [-0.05, 0) is 0 Å². The fourth-order valence-electron chi connectivity index (χ4n) is 1.08. The maximum absolute atomic E-state index is 12.4. The number of aromatic nitrogens is 2. The molecule has 0 aliphatic heterocycles. The van der Waals surface area contributed by atoms with E-state index in [0.29, 0.717) is 0 Å². The lowest BCUT2D eigenvalue weighted by Gasteiger charge is -2.01. The minimum Gasteiger partial charge on any atom is -0.298 e. The first-order valence-electron chi connectivity index (χ1n) is 4.30. The van der Waals surface area contributed by atoms with Gasteiger partial charge in [0.15, 0.2) is 12.0 Å². The molecule has 0 fully saturated rings. The first-order valence-corrected chi connectivity index (χ1v) is 4.83. The number of nitrogens with zero attached hydrogens (tertiary/aromatic N) is 2. The van der Waals surface area contributed by atoms with Gasteiger partial charge < -0.3 is 0 Å². The van der Waals surface area contributed by atoms with Crippen molar-refractivity contribution in [2.24, 2.45) is 0 Å². The topological polar surface area (TPSA) is 34.9 Å². The van der Waals surface area contributed by atoms with Gasteiger partial charge in [-0.2, -0.15) is 18.3 Å². The fourth-order valence-corrected chi connectivity index (χ4v) is 1.21. The Morgan fingerprint density at radius 1 is 1.44 bits per heavy atom. The average Bonchev–Trinajstić information content (AvgIpc) is 2.61. The maximum Gasteiger partial charge on any atom is 0.435 e. The summed E-state index contributed by atoms with van der Waals surface area (Å²) in [5, 5.41) is 3.29. The van der Waals surface area contributed by atoms with Gasteiger partial charge in [0.1, 0.15) is 0 Å². The van der Waals surface area contributed by atoms with E-state index in [0.717, 1.165) is 10.9 Å². The van der Waals surface area contributed by atoms with Crippen molar-refractivity contribution in [1.82, 2.24) is 9.78 Å². The van der Waals surface area contributed by atoms with Crippen molar-refractivity contribution in [2.45, 2.75) is 12.7 Å². The first-order chi connectivity index (χ1) is 7.49. The highest BCUT2D eigenvalue weighted by molar-refractivity contribution is 6.18. The molecule has 0 N–H and O–H groups in total. The van der Waals surface area contributed by atoms with E-state index in [1.165, 1.54) is 0 Å². The molecule has 0 aliphatic rings. The van der Waals surface area contributed by atoms with Crippen LogP contribution >= 0.6 is 11.6 Å². The van der Waals surface area contributed by atoms with Crippen molar-refractivity contribution in [1.29, 1.82) is 0 Å². The van der Waals surface area contributed by atoms with Gasteiger partial charge in [0.25, 0.3) is 0 Å². The Hall–Kier alpha value is -1.30. The summed E-state index contributed by atoms with van der Waals surface area (Å²) in [7, 11) is 0. The second-order valence-electron chi connectivity index (χ2n) is 2.90. The van der Waals surface area contributed by atoms with E-state index in [4.69, 9.17) is 11.6 Å². The summed E-state index contributed by atoms with van der Waals surface area (Å²) in [6.07, 6.45) is -0.282. The van der Waals surface area contributed by atoms with Crippen LogP contribution in [0.15, 0.2) is 18.3 Å². The Labute approximate surface area is 94.5 Å². The molecule has 1 aromatic heterocycles. The molecule has 1 aromatic rings. The van der Waals surface area contributed by atoms with Gasteiger partial charge in [-0.25, -0.2) is 0 Å². The number of carbonyl (C=O) groups excluding carboxylic acids is 1. The number of alkyl halides is 4. The molecule has 0 saturated heterocycles. The van der Waals surface area contributed by atoms with Crippen LogP contribution in [0.4, 0.5) is 13.2 Å². The Morgan fingerprint density at radius 3 is 2.56 bits per heavy atom. The molecule has 88 valence electrons. The molecular weight excluding hydrogens is 245 g/mol. The molecule has 7 heteroatoms. The molecule has 0 bridgehead atoms. The standard InChI is InChI=1S/C9H8ClF3N2O/c10-3-1-2-4-15-5-7(6-16)8(14-15)9(11,12)13/h1-2,5-6H,3-4H2. The van der Waals surface area contributed by atoms with Crippen molar-refractivity contribution >= 4 is 17.9 Å². The minimum absolute atomic E-state index is 0.136. The van der Waals surface area contributed by atoms with E-state index >= 15 is 0 Å². The highest BCUT2D eigenvalue weighted by atomic mass is 35.5. The number of hydrogen-bond acceptors (Lipinski definition) is 2. The number of aldehydes is 1.